The maximum absolute atomic E-state index is 6.42. The van der Waals surface area contributed by atoms with E-state index in [1.54, 1.807) is 7.11 Å². The predicted octanol–water partition coefficient (Wildman–Crippen LogP) is 2.20. The van der Waals surface area contributed by atoms with E-state index in [9.17, 15) is 0 Å². The van der Waals surface area contributed by atoms with Crippen molar-refractivity contribution in [3.63, 3.8) is 0 Å². The van der Waals surface area contributed by atoms with Gasteiger partial charge < -0.3 is 20.1 Å². The summed E-state index contributed by atoms with van der Waals surface area (Å²) in [5, 5.41) is 0. The normalized spacial score (nSPS) is 20.9. The molecule has 2 N–H and O–H groups in total. The van der Waals surface area contributed by atoms with Gasteiger partial charge in [0.1, 0.15) is 17.1 Å². The van der Waals surface area contributed by atoms with Crippen LogP contribution in [-0.2, 0) is 6.42 Å². The molecule has 0 amide bonds. The van der Waals surface area contributed by atoms with E-state index in [-0.39, 0.29) is 5.60 Å². The number of piperidine rings is 1. The average molecular weight is 290 g/mol. The van der Waals surface area contributed by atoms with E-state index < -0.39 is 0 Å². The van der Waals surface area contributed by atoms with Crippen molar-refractivity contribution < 1.29 is 9.47 Å². The molecule has 1 fully saturated rings. The van der Waals surface area contributed by atoms with E-state index in [1.807, 2.05) is 12.1 Å². The quantitative estimate of drug-likeness (QED) is 0.923. The lowest BCUT2D eigenvalue weighted by Gasteiger charge is -2.44. The molecule has 1 aromatic carbocycles. The van der Waals surface area contributed by atoms with E-state index in [1.165, 1.54) is 5.56 Å². The third-order valence-electron chi connectivity index (χ3n) is 4.91. The van der Waals surface area contributed by atoms with Crippen molar-refractivity contribution in [2.24, 2.45) is 5.73 Å². The molecule has 3 rings (SSSR count). The molecule has 21 heavy (non-hydrogen) atoms. The molecule has 2 aliphatic rings. The number of ether oxygens (including phenoxy) is 2. The lowest BCUT2D eigenvalue weighted by atomic mass is 9.83. The van der Waals surface area contributed by atoms with Crippen molar-refractivity contribution in [3.8, 4) is 11.5 Å². The summed E-state index contributed by atoms with van der Waals surface area (Å²) in [6.45, 7) is 4.15. The van der Waals surface area contributed by atoms with Crippen LogP contribution in [0.5, 0.6) is 11.5 Å². The van der Waals surface area contributed by atoms with Gasteiger partial charge in [0.15, 0.2) is 0 Å². The number of nitrogens with two attached hydrogens (primary N) is 1. The second-order valence-corrected chi connectivity index (χ2v) is 6.21. The van der Waals surface area contributed by atoms with Gasteiger partial charge in [0, 0.05) is 18.7 Å². The van der Waals surface area contributed by atoms with Gasteiger partial charge in [-0.2, -0.15) is 0 Å². The van der Waals surface area contributed by atoms with Crippen molar-refractivity contribution in [3.05, 3.63) is 23.8 Å². The summed E-state index contributed by atoms with van der Waals surface area (Å²) in [5.74, 6) is 1.98. The van der Waals surface area contributed by atoms with Crippen LogP contribution in [0.15, 0.2) is 18.2 Å². The van der Waals surface area contributed by atoms with Crippen molar-refractivity contribution in [2.75, 3.05) is 33.3 Å². The Kier molecular flexibility index (Phi) is 4.36. The summed E-state index contributed by atoms with van der Waals surface area (Å²) in [5.41, 5.74) is 6.87. The summed E-state index contributed by atoms with van der Waals surface area (Å²) in [7, 11) is 1.73. The first-order valence-electron chi connectivity index (χ1n) is 8.04. The van der Waals surface area contributed by atoms with Gasteiger partial charge in [-0.25, -0.2) is 0 Å². The molecule has 2 aliphatic heterocycles. The third kappa shape index (κ3) is 3.01. The van der Waals surface area contributed by atoms with Gasteiger partial charge in [-0.05, 0) is 57.3 Å². The zero-order valence-corrected chi connectivity index (χ0v) is 12.9. The molecule has 1 spiro atoms. The number of fused-ring (bicyclic) bond motifs is 1. The van der Waals surface area contributed by atoms with Gasteiger partial charge in [-0.1, -0.05) is 6.07 Å². The standard InChI is InChI=1S/C17H26N2O2/c1-20-15-4-2-5-16-14(15)6-7-17(21-16)8-12-19(13-9-17)11-3-10-18/h2,4-5H,3,6-13,18H2,1H3. The number of methoxy groups -OCH3 is 1. The molecule has 2 heterocycles. The fourth-order valence-corrected chi connectivity index (χ4v) is 3.57. The largest absolute Gasteiger partial charge is 0.496 e. The van der Waals surface area contributed by atoms with Gasteiger partial charge in [0.25, 0.3) is 0 Å². The molecule has 116 valence electrons. The Morgan fingerprint density at radius 3 is 2.81 bits per heavy atom. The molecule has 0 aromatic heterocycles. The molecule has 4 heteroatoms. The fourth-order valence-electron chi connectivity index (χ4n) is 3.57. The van der Waals surface area contributed by atoms with Crippen molar-refractivity contribution in [1.29, 1.82) is 0 Å². The Hall–Kier alpha value is -1.26. The first-order valence-corrected chi connectivity index (χ1v) is 8.04. The van der Waals surface area contributed by atoms with Crippen LogP contribution in [-0.4, -0.2) is 43.8 Å². The van der Waals surface area contributed by atoms with Crippen molar-refractivity contribution >= 4 is 0 Å². The van der Waals surface area contributed by atoms with Crippen LogP contribution >= 0.6 is 0 Å². The van der Waals surface area contributed by atoms with Crippen molar-refractivity contribution in [1.82, 2.24) is 4.90 Å². The lowest BCUT2D eigenvalue weighted by Crippen LogP contribution is -2.50. The highest BCUT2D eigenvalue weighted by molar-refractivity contribution is 5.46. The van der Waals surface area contributed by atoms with Gasteiger partial charge >= 0.3 is 0 Å². The Morgan fingerprint density at radius 2 is 2.10 bits per heavy atom. The first-order chi connectivity index (χ1) is 10.3. The van der Waals surface area contributed by atoms with Gasteiger partial charge in [-0.3, -0.25) is 0 Å². The second kappa shape index (κ2) is 6.24. The van der Waals surface area contributed by atoms with Gasteiger partial charge in [-0.15, -0.1) is 0 Å². The molecule has 0 atom stereocenters. The predicted molar refractivity (Wildman–Crippen MR) is 84.0 cm³/mol. The Bertz CT molecular complexity index is 482. The van der Waals surface area contributed by atoms with E-state index in [4.69, 9.17) is 15.2 Å². The summed E-state index contributed by atoms with van der Waals surface area (Å²) in [4.78, 5) is 2.52. The van der Waals surface area contributed by atoms with E-state index in [2.05, 4.69) is 11.0 Å². The van der Waals surface area contributed by atoms with Crippen LogP contribution in [0.25, 0.3) is 0 Å². The number of likely N-dealkylation sites (tertiary alicyclic amines) is 1. The van der Waals surface area contributed by atoms with Gasteiger partial charge in [0.05, 0.1) is 7.11 Å². The topological polar surface area (TPSA) is 47.7 Å². The Labute approximate surface area is 127 Å². The smallest absolute Gasteiger partial charge is 0.127 e. The zero-order valence-electron chi connectivity index (χ0n) is 12.9. The molecule has 0 bridgehead atoms. The molecule has 0 unspecified atom stereocenters. The third-order valence-corrected chi connectivity index (χ3v) is 4.91. The molecule has 0 radical (unpaired) electrons. The summed E-state index contributed by atoms with van der Waals surface area (Å²) < 4.78 is 11.9. The highest BCUT2D eigenvalue weighted by atomic mass is 16.5. The Balaban J connectivity index is 1.67. The average Bonchev–Trinajstić information content (AvgIpc) is 2.53. The Morgan fingerprint density at radius 1 is 1.29 bits per heavy atom. The van der Waals surface area contributed by atoms with Crippen LogP contribution in [0, 0.1) is 0 Å². The minimum Gasteiger partial charge on any atom is -0.496 e. The van der Waals surface area contributed by atoms with E-state index in [0.717, 1.165) is 69.8 Å². The van der Waals surface area contributed by atoms with E-state index in [0.29, 0.717) is 0 Å². The van der Waals surface area contributed by atoms with Crippen LogP contribution in [0.1, 0.15) is 31.2 Å². The second-order valence-electron chi connectivity index (χ2n) is 6.21. The first kappa shape index (κ1) is 14.7. The summed E-state index contributed by atoms with van der Waals surface area (Å²) in [6, 6.07) is 6.13. The minimum absolute atomic E-state index is 0.0403. The van der Waals surface area contributed by atoms with E-state index >= 15 is 0 Å². The number of nitrogens with zero attached hydrogens (tertiary/aromatic N) is 1. The molecule has 0 aliphatic carbocycles. The monoisotopic (exact) mass is 290 g/mol. The molecule has 4 nitrogen and oxygen atoms in total. The maximum atomic E-state index is 6.42. The number of rotatable bonds is 4. The number of benzene rings is 1. The summed E-state index contributed by atoms with van der Waals surface area (Å²) >= 11 is 0. The SMILES string of the molecule is COc1cccc2c1CCC1(CCN(CCCN)CC1)O2. The van der Waals surface area contributed by atoms with Crippen LogP contribution < -0.4 is 15.2 Å². The molecular formula is C17H26N2O2. The highest BCUT2D eigenvalue weighted by Crippen LogP contribution is 2.42. The van der Waals surface area contributed by atoms with Crippen LogP contribution in [0.4, 0.5) is 0 Å². The molecule has 1 saturated heterocycles. The van der Waals surface area contributed by atoms with Crippen LogP contribution in [0.3, 0.4) is 0 Å². The molecule has 0 saturated carbocycles. The van der Waals surface area contributed by atoms with Crippen LogP contribution in [0.2, 0.25) is 0 Å². The summed E-state index contributed by atoms with van der Waals surface area (Å²) in [6.07, 6.45) is 5.49. The molecule has 1 aromatic rings. The van der Waals surface area contributed by atoms with Gasteiger partial charge in [0.2, 0.25) is 0 Å². The zero-order chi connectivity index (χ0) is 14.7. The number of hydrogen-bond donors (Lipinski definition) is 1. The fraction of sp³-hybridized carbons (Fsp3) is 0.647. The highest BCUT2D eigenvalue weighted by Gasteiger charge is 2.39. The molecular weight excluding hydrogens is 264 g/mol. The lowest BCUT2D eigenvalue weighted by molar-refractivity contribution is -0.0148. The van der Waals surface area contributed by atoms with Crippen molar-refractivity contribution in [2.45, 2.75) is 37.7 Å². The number of hydrogen-bond acceptors (Lipinski definition) is 4. The minimum atomic E-state index is 0.0403. The maximum Gasteiger partial charge on any atom is 0.127 e.